The summed E-state index contributed by atoms with van der Waals surface area (Å²) in [6.45, 7) is 6.31. The van der Waals surface area contributed by atoms with Crippen molar-refractivity contribution in [1.82, 2.24) is 4.98 Å². The van der Waals surface area contributed by atoms with E-state index in [0.717, 1.165) is 10.0 Å². The van der Waals surface area contributed by atoms with Crippen LogP contribution in [0.25, 0.3) is 4.48 Å². The molecule has 0 fully saturated rings. The van der Waals surface area contributed by atoms with Gasteiger partial charge in [-0.05, 0) is 13.0 Å². The molecule has 0 aromatic carbocycles. The van der Waals surface area contributed by atoms with Crippen LogP contribution in [0.3, 0.4) is 0 Å². The third-order valence-electron chi connectivity index (χ3n) is 1.34. The summed E-state index contributed by atoms with van der Waals surface area (Å²) in [5, 5.41) is 0. The molecule has 0 saturated carbocycles. The molecule has 1 heterocycles. The Balaban J connectivity index is 2.78. The molecule has 12 heavy (non-hydrogen) atoms. The molecule has 0 aliphatic carbocycles. The highest BCUT2D eigenvalue weighted by Crippen LogP contribution is 2.18. The second-order valence-corrected chi connectivity index (χ2v) is 3.18. The lowest BCUT2D eigenvalue weighted by molar-refractivity contribution is 0.327. The highest BCUT2D eigenvalue weighted by atomic mass is 79.9. The van der Waals surface area contributed by atoms with E-state index in [-0.39, 0.29) is 0 Å². The average Bonchev–Trinajstić information content (AvgIpc) is 2.06. The highest BCUT2D eigenvalue weighted by molar-refractivity contribution is 9.15. The van der Waals surface area contributed by atoms with Crippen molar-refractivity contribution in [2.75, 3.05) is 6.61 Å². The number of hydrogen-bond acceptors (Lipinski definition) is 2. The molecule has 0 spiro atoms. The van der Waals surface area contributed by atoms with E-state index in [9.17, 15) is 0 Å². The summed E-state index contributed by atoms with van der Waals surface area (Å²) in [6.07, 6.45) is 1.72. The lowest BCUT2D eigenvalue weighted by Crippen LogP contribution is -1.93. The maximum atomic E-state index is 5.18. The molecular weight excluding hydrogens is 218 g/mol. The van der Waals surface area contributed by atoms with Gasteiger partial charge in [-0.3, -0.25) is 0 Å². The number of pyridine rings is 1. The second-order valence-electron chi connectivity index (χ2n) is 2.22. The molecule has 1 aromatic rings. The molecule has 0 aliphatic rings. The second kappa shape index (κ2) is 4.26. The van der Waals surface area contributed by atoms with Crippen molar-refractivity contribution in [2.24, 2.45) is 0 Å². The number of aromatic nitrogens is 1. The summed E-state index contributed by atoms with van der Waals surface area (Å²) in [5.41, 5.74) is 0.971. The maximum absolute atomic E-state index is 5.18. The Labute approximate surface area is 80.4 Å². The SMILES string of the molecule is C=C(Br)c1ccc(OCC)nc1. The minimum atomic E-state index is 0.640. The molecule has 0 atom stereocenters. The van der Waals surface area contributed by atoms with Gasteiger partial charge in [0.2, 0.25) is 5.88 Å². The molecular formula is C9H10BrNO. The van der Waals surface area contributed by atoms with Crippen molar-refractivity contribution < 1.29 is 4.74 Å². The Morgan fingerprint density at radius 1 is 1.67 bits per heavy atom. The zero-order valence-electron chi connectivity index (χ0n) is 6.88. The first-order valence-electron chi connectivity index (χ1n) is 3.67. The van der Waals surface area contributed by atoms with E-state index in [0.29, 0.717) is 12.5 Å². The fourth-order valence-corrected chi connectivity index (χ4v) is 1.01. The lowest BCUT2D eigenvalue weighted by atomic mass is 10.3. The van der Waals surface area contributed by atoms with Gasteiger partial charge in [0.25, 0.3) is 0 Å². The first kappa shape index (κ1) is 9.26. The number of ether oxygens (including phenoxy) is 1. The van der Waals surface area contributed by atoms with Gasteiger partial charge in [-0.2, -0.15) is 0 Å². The third-order valence-corrected chi connectivity index (χ3v) is 1.80. The van der Waals surface area contributed by atoms with Crippen LogP contribution in [-0.4, -0.2) is 11.6 Å². The van der Waals surface area contributed by atoms with Crippen LogP contribution in [0, 0.1) is 0 Å². The van der Waals surface area contributed by atoms with Gasteiger partial charge in [-0.25, -0.2) is 4.98 Å². The van der Waals surface area contributed by atoms with E-state index in [1.54, 1.807) is 6.20 Å². The predicted octanol–water partition coefficient (Wildman–Crippen LogP) is 2.85. The molecule has 1 rings (SSSR count). The Morgan fingerprint density at radius 3 is 2.83 bits per heavy atom. The summed E-state index contributed by atoms with van der Waals surface area (Å²) < 4.78 is 6.02. The first-order chi connectivity index (χ1) is 5.74. The highest BCUT2D eigenvalue weighted by Gasteiger charge is 1.96. The fraction of sp³-hybridized carbons (Fsp3) is 0.222. The largest absolute Gasteiger partial charge is 0.478 e. The molecule has 0 saturated heterocycles. The van der Waals surface area contributed by atoms with Crippen molar-refractivity contribution in [3.8, 4) is 5.88 Å². The van der Waals surface area contributed by atoms with Crippen LogP contribution in [0.1, 0.15) is 12.5 Å². The molecule has 0 aliphatic heterocycles. The van der Waals surface area contributed by atoms with Gasteiger partial charge in [0.15, 0.2) is 0 Å². The number of halogens is 1. The zero-order valence-corrected chi connectivity index (χ0v) is 8.47. The van der Waals surface area contributed by atoms with Gasteiger partial charge in [-0.15, -0.1) is 0 Å². The van der Waals surface area contributed by atoms with Crippen molar-refractivity contribution in [3.63, 3.8) is 0 Å². The van der Waals surface area contributed by atoms with Crippen molar-refractivity contribution in [1.29, 1.82) is 0 Å². The molecule has 1 aromatic heterocycles. The molecule has 0 unspecified atom stereocenters. The van der Waals surface area contributed by atoms with Gasteiger partial charge in [0, 0.05) is 22.3 Å². The van der Waals surface area contributed by atoms with Gasteiger partial charge in [0.05, 0.1) is 6.61 Å². The van der Waals surface area contributed by atoms with E-state index in [1.807, 2.05) is 19.1 Å². The summed E-state index contributed by atoms with van der Waals surface area (Å²) in [5.74, 6) is 0.648. The topological polar surface area (TPSA) is 22.1 Å². The average molecular weight is 228 g/mol. The zero-order chi connectivity index (χ0) is 8.97. The van der Waals surface area contributed by atoms with E-state index < -0.39 is 0 Å². The van der Waals surface area contributed by atoms with Gasteiger partial charge < -0.3 is 4.74 Å². The van der Waals surface area contributed by atoms with Gasteiger partial charge in [0.1, 0.15) is 0 Å². The number of rotatable bonds is 3. The summed E-state index contributed by atoms with van der Waals surface area (Å²) in [4.78, 5) is 4.08. The fourth-order valence-electron chi connectivity index (χ4n) is 0.774. The summed E-state index contributed by atoms with van der Waals surface area (Å²) in [7, 11) is 0. The molecule has 3 heteroatoms. The Kier molecular flexibility index (Phi) is 3.29. The Bertz CT molecular complexity index is 268. The van der Waals surface area contributed by atoms with Crippen LogP contribution >= 0.6 is 15.9 Å². The van der Waals surface area contributed by atoms with Crippen molar-refractivity contribution >= 4 is 20.4 Å². The molecule has 0 amide bonds. The normalized spacial score (nSPS) is 9.50. The smallest absolute Gasteiger partial charge is 0.213 e. The van der Waals surface area contributed by atoms with Crippen LogP contribution in [0.15, 0.2) is 24.9 Å². The number of nitrogens with zero attached hydrogens (tertiary/aromatic N) is 1. The maximum Gasteiger partial charge on any atom is 0.213 e. The Morgan fingerprint density at radius 2 is 2.42 bits per heavy atom. The van der Waals surface area contributed by atoms with Crippen LogP contribution in [0.5, 0.6) is 5.88 Å². The monoisotopic (exact) mass is 227 g/mol. The van der Waals surface area contributed by atoms with E-state index in [1.165, 1.54) is 0 Å². The third kappa shape index (κ3) is 2.34. The molecule has 0 N–H and O–H groups in total. The minimum absolute atomic E-state index is 0.640. The van der Waals surface area contributed by atoms with Crippen LogP contribution in [0.2, 0.25) is 0 Å². The molecule has 2 nitrogen and oxygen atoms in total. The standard InChI is InChI=1S/C9H10BrNO/c1-3-12-9-5-4-8(6-11-9)7(2)10/h4-6H,2-3H2,1H3. The molecule has 0 radical (unpaired) electrons. The van der Waals surface area contributed by atoms with Gasteiger partial charge >= 0.3 is 0 Å². The van der Waals surface area contributed by atoms with Crippen LogP contribution in [0.4, 0.5) is 0 Å². The lowest BCUT2D eigenvalue weighted by Gasteiger charge is -2.01. The number of hydrogen-bond donors (Lipinski definition) is 0. The Hall–Kier alpha value is -0.830. The van der Waals surface area contributed by atoms with E-state index in [4.69, 9.17) is 4.74 Å². The van der Waals surface area contributed by atoms with Crippen LogP contribution in [-0.2, 0) is 0 Å². The molecule has 0 bridgehead atoms. The summed E-state index contributed by atoms with van der Waals surface area (Å²) in [6, 6.07) is 3.74. The molecule has 64 valence electrons. The van der Waals surface area contributed by atoms with E-state index >= 15 is 0 Å². The van der Waals surface area contributed by atoms with E-state index in [2.05, 4.69) is 27.5 Å². The van der Waals surface area contributed by atoms with Crippen LogP contribution < -0.4 is 4.74 Å². The summed E-state index contributed by atoms with van der Waals surface area (Å²) >= 11 is 3.27. The van der Waals surface area contributed by atoms with Crippen molar-refractivity contribution in [3.05, 3.63) is 30.5 Å². The first-order valence-corrected chi connectivity index (χ1v) is 4.47. The van der Waals surface area contributed by atoms with Crippen molar-refractivity contribution in [2.45, 2.75) is 6.92 Å². The minimum Gasteiger partial charge on any atom is -0.478 e. The predicted molar refractivity (Wildman–Crippen MR) is 53.4 cm³/mol. The quantitative estimate of drug-likeness (QED) is 0.793. The van der Waals surface area contributed by atoms with Gasteiger partial charge in [-0.1, -0.05) is 22.5 Å².